The Morgan fingerprint density at radius 3 is 1.45 bits per heavy atom. The van der Waals surface area contributed by atoms with Crippen molar-refractivity contribution < 1.29 is 22.0 Å². The summed E-state index contributed by atoms with van der Waals surface area (Å²) in [5.74, 6) is -9.71. The smallest absolute Gasteiger partial charge is 0.200 e. The van der Waals surface area contributed by atoms with Gasteiger partial charge in [0, 0.05) is 4.47 Å². The first-order valence-electron chi connectivity index (χ1n) is 5.54. The Kier molecular flexibility index (Phi) is 3.86. The molecule has 0 aromatic heterocycles. The van der Waals surface area contributed by atoms with Gasteiger partial charge in [0.1, 0.15) is 0 Å². The lowest BCUT2D eigenvalue weighted by Crippen LogP contribution is -2.04. The summed E-state index contributed by atoms with van der Waals surface area (Å²) >= 11 is 3.27. The van der Waals surface area contributed by atoms with Crippen molar-refractivity contribution in [2.24, 2.45) is 0 Å². The summed E-state index contributed by atoms with van der Waals surface area (Å²) in [5.41, 5.74) is 0.281. The molecule has 2 aromatic carbocycles. The fourth-order valence-corrected chi connectivity index (χ4v) is 2.18. The second-order valence-corrected chi connectivity index (χ2v) is 5.16. The minimum atomic E-state index is -2.16. The SMILES string of the molecule is Cc1cc(-c2c(F)c(F)c(F)c(F)c2F)cc(C)c1Br. The average molecular weight is 351 g/mol. The molecule has 0 aliphatic rings. The Morgan fingerprint density at radius 1 is 0.700 bits per heavy atom. The maximum Gasteiger partial charge on any atom is 0.200 e. The average Bonchev–Trinajstić information content (AvgIpc) is 2.40. The van der Waals surface area contributed by atoms with Crippen molar-refractivity contribution >= 4 is 15.9 Å². The van der Waals surface area contributed by atoms with Crippen molar-refractivity contribution in [2.45, 2.75) is 13.8 Å². The fourth-order valence-electron chi connectivity index (χ4n) is 1.95. The molecule has 0 saturated carbocycles. The first-order valence-corrected chi connectivity index (χ1v) is 6.33. The Hall–Kier alpha value is -1.43. The van der Waals surface area contributed by atoms with Crippen molar-refractivity contribution in [1.82, 2.24) is 0 Å². The van der Waals surface area contributed by atoms with Crippen molar-refractivity contribution in [3.63, 3.8) is 0 Å². The third kappa shape index (κ3) is 2.22. The highest BCUT2D eigenvalue weighted by Gasteiger charge is 2.26. The molecule has 0 radical (unpaired) electrons. The van der Waals surface area contributed by atoms with Crippen LogP contribution in [0.5, 0.6) is 0 Å². The van der Waals surface area contributed by atoms with Crippen LogP contribution in [0.4, 0.5) is 22.0 Å². The lowest BCUT2D eigenvalue weighted by Gasteiger charge is -2.11. The van der Waals surface area contributed by atoms with Crippen LogP contribution in [0, 0.1) is 42.9 Å². The summed E-state index contributed by atoms with van der Waals surface area (Å²) in [6, 6.07) is 2.71. The summed E-state index contributed by atoms with van der Waals surface area (Å²) in [6.07, 6.45) is 0. The summed E-state index contributed by atoms with van der Waals surface area (Å²) in [5, 5.41) is 0. The van der Waals surface area contributed by atoms with E-state index in [1.807, 2.05) is 0 Å². The van der Waals surface area contributed by atoms with Crippen molar-refractivity contribution in [1.29, 1.82) is 0 Å². The van der Waals surface area contributed by atoms with Gasteiger partial charge in [-0.05, 0) is 30.5 Å². The van der Waals surface area contributed by atoms with Crippen LogP contribution in [-0.2, 0) is 0 Å². The number of rotatable bonds is 1. The van der Waals surface area contributed by atoms with E-state index in [9.17, 15) is 22.0 Å². The van der Waals surface area contributed by atoms with Gasteiger partial charge in [-0.3, -0.25) is 0 Å². The van der Waals surface area contributed by atoms with E-state index in [1.165, 1.54) is 12.1 Å². The number of hydrogen-bond acceptors (Lipinski definition) is 0. The van der Waals surface area contributed by atoms with E-state index in [-0.39, 0.29) is 5.56 Å². The standard InChI is InChI=1S/C14H8BrF5/c1-5-3-7(4-6(2)9(5)15)8-10(16)12(18)14(20)13(19)11(8)17/h3-4H,1-2H3. The largest absolute Gasteiger partial charge is 0.203 e. The van der Waals surface area contributed by atoms with Gasteiger partial charge in [0.15, 0.2) is 23.3 Å². The van der Waals surface area contributed by atoms with Crippen LogP contribution < -0.4 is 0 Å². The molecule has 0 aliphatic carbocycles. The first-order chi connectivity index (χ1) is 9.25. The van der Waals surface area contributed by atoms with Crippen LogP contribution in [0.25, 0.3) is 11.1 Å². The number of aryl methyl sites for hydroxylation is 2. The Labute approximate surface area is 120 Å². The van der Waals surface area contributed by atoms with Gasteiger partial charge in [-0.1, -0.05) is 28.1 Å². The molecule has 0 aliphatic heterocycles. The fraction of sp³-hybridized carbons (Fsp3) is 0.143. The zero-order chi connectivity index (χ0) is 15.2. The van der Waals surface area contributed by atoms with Gasteiger partial charge in [-0.15, -0.1) is 0 Å². The molecule has 20 heavy (non-hydrogen) atoms. The quantitative estimate of drug-likeness (QED) is 0.365. The predicted molar refractivity (Wildman–Crippen MR) is 68.8 cm³/mol. The molecule has 2 rings (SSSR count). The highest BCUT2D eigenvalue weighted by molar-refractivity contribution is 9.10. The van der Waals surface area contributed by atoms with Crippen molar-refractivity contribution in [3.05, 3.63) is 56.8 Å². The van der Waals surface area contributed by atoms with E-state index in [0.717, 1.165) is 0 Å². The Balaban J connectivity index is 2.83. The van der Waals surface area contributed by atoms with Gasteiger partial charge in [0.2, 0.25) is 5.82 Å². The summed E-state index contributed by atoms with van der Waals surface area (Å²) in [6.45, 7) is 3.32. The third-order valence-corrected chi connectivity index (χ3v) is 4.19. The Bertz CT molecular complexity index is 657. The molecule has 0 spiro atoms. The highest BCUT2D eigenvalue weighted by atomic mass is 79.9. The topological polar surface area (TPSA) is 0 Å². The maximum absolute atomic E-state index is 13.7. The number of halogens is 6. The lowest BCUT2D eigenvalue weighted by atomic mass is 9.99. The number of hydrogen-bond donors (Lipinski definition) is 0. The van der Waals surface area contributed by atoms with Crippen LogP contribution >= 0.6 is 15.9 Å². The molecule has 0 heterocycles. The molecule has 0 fully saturated rings. The zero-order valence-corrected chi connectivity index (χ0v) is 12.0. The molecule has 0 N–H and O–H groups in total. The normalized spacial score (nSPS) is 11.0. The van der Waals surface area contributed by atoms with Gasteiger partial charge in [-0.25, -0.2) is 22.0 Å². The molecule has 0 amide bonds. The van der Waals surface area contributed by atoms with E-state index in [4.69, 9.17) is 0 Å². The molecule has 6 heteroatoms. The summed E-state index contributed by atoms with van der Waals surface area (Å²) in [4.78, 5) is 0. The molecular weight excluding hydrogens is 343 g/mol. The van der Waals surface area contributed by atoms with Gasteiger partial charge < -0.3 is 0 Å². The third-order valence-electron chi connectivity index (χ3n) is 2.93. The van der Waals surface area contributed by atoms with Gasteiger partial charge in [0.05, 0.1) is 5.56 Å². The van der Waals surface area contributed by atoms with Gasteiger partial charge in [-0.2, -0.15) is 0 Å². The minimum Gasteiger partial charge on any atom is -0.203 e. The van der Waals surface area contributed by atoms with Crippen LogP contribution in [0.15, 0.2) is 16.6 Å². The molecule has 0 saturated heterocycles. The highest BCUT2D eigenvalue weighted by Crippen LogP contribution is 2.34. The Morgan fingerprint density at radius 2 is 1.05 bits per heavy atom. The monoisotopic (exact) mass is 350 g/mol. The summed E-state index contributed by atoms with van der Waals surface area (Å²) in [7, 11) is 0. The predicted octanol–water partition coefficient (Wildman–Crippen LogP) is 5.43. The minimum absolute atomic E-state index is 0.0593. The lowest BCUT2D eigenvalue weighted by molar-refractivity contribution is 0.381. The molecular formula is C14H8BrF5. The summed E-state index contributed by atoms with van der Waals surface area (Å²) < 4.78 is 67.5. The molecule has 0 atom stereocenters. The van der Waals surface area contributed by atoms with E-state index in [2.05, 4.69) is 15.9 Å². The zero-order valence-electron chi connectivity index (χ0n) is 10.4. The molecule has 0 unspecified atom stereocenters. The van der Waals surface area contributed by atoms with Crippen LogP contribution in [-0.4, -0.2) is 0 Å². The van der Waals surface area contributed by atoms with E-state index in [1.54, 1.807) is 13.8 Å². The molecule has 106 valence electrons. The van der Waals surface area contributed by atoms with E-state index < -0.39 is 34.6 Å². The first kappa shape index (κ1) is 15.0. The van der Waals surface area contributed by atoms with Crippen LogP contribution in [0.2, 0.25) is 0 Å². The maximum atomic E-state index is 13.7. The van der Waals surface area contributed by atoms with Crippen LogP contribution in [0.3, 0.4) is 0 Å². The second kappa shape index (κ2) is 5.16. The van der Waals surface area contributed by atoms with Gasteiger partial charge >= 0.3 is 0 Å². The van der Waals surface area contributed by atoms with Gasteiger partial charge in [0.25, 0.3) is 0 Å². The second-order valence-electron chi connectivity index (χ2n) is 4.37. The molecule has 0 nitrogen and oxygen atoms in total. The van der Waals surface area contributed by atoms with E-state index >= 15 is 0 Å². The molecule has 2 aromatic rings. The van der Waals surface area contributed by atoms with Crippen molar-refractivity contribution in [3.8, 4) is 11.1 Å². The van der Waals surface area contributed by atoms with Crippen molar-refractivity contribution in [2.75, 3.05) is 0 Å². The number of benzene rings is 2. The van der Waals surface area contributed by atoms with Crippen LogP contribution in [0.1, 0.15) is 11.1 Å². The molecule has 0 bridgehead atoms. The van der Waals surface area contributed by atoms with E-state index in [0.29, 0.717) is 15.6 Å².